The number of fused-ring (bicyclic) bond motifs is 1. The first-order valence-corrected chi connectivity index (χ1v) is 11.1. The number of hydrogen-bond donors (Lipinski definition) is 0. The quantitative estimate of drug-likeness (QED) is 0.214. The average molecular weight is 582 g/mol. The Hall–Kier alpha value is -2.20. The van der Waals surface area contributed by atoms with Crippen LogP contribution in [-0.4, -0.2) is 29.6 Å². The second-order valence-corrected chi connectivity index (χ2v) is 8.86. The predicted molar refractivity (Wildman–Crippen MR) is 132 cm³/mol. The highest BCUT2D eigenvalue weighted by Gasteiger charge is 2.14. The molecule has 6 nitrogen and oxygen atoms in total. The molecule has 0 aliphatic rings. The normalized spacial score (nSPS) is 11.4. The van der Waals surface area contributed by atoms with Crippen LogP contribution < -0.4 is 15.0 Å². The minimum atomic E-state index is -0.214. The second kappa shape index (κ2) is 9.74. The van der Waals surface area contributed by atoms with Crippen molar-refractivity contribution in [2.75, 3.05) is 13.7 Å². The lowest BCUT2D eigenvalue weighted by atomic mass is 10.2. The highest BCUT2D eigenvalue weighted by atomic mass is 127. The predicted octanol–water partition coefficient (Wildman–Crippen LogP) is 5.34. The lowest BCUT2D eigenvalue weighted by Gasteiger charge is -2.13. The summed E-state index contributed by atoms with van der Waals surface area (Å²) in [5.41, 5.74) is 1.21. The van der Waals surface area contributed by atoms with E-state index in [1.54, 1.807) is 25.5 Å². The zero-order chi connectivity index (χ0) is 21.8. The second-order valence-electron chi connectivity index (χ2n) is 6.78. The number of rotatable bonds is 7. The van der Waals surface area contributed by atoms with E-state index in [0.717, 1.165) is 13.6 Å². The molecule has 3 aromatic rings. The number of halogens is 2. The molecule has 0 N–H and O–H groups in total. The molecular formula is C22H21BrIN3O3. The van der Waals surface area contributed by atoms with Gasteiger partial charge >= 0.3 is 0 Å². The molecule has 0 radical (unpaired) electrons. The smallest absolute Gasteiger partial charge is 0.282 e. The molecule has 0 saturated heterocycles. The van der Waals surface area contributed by atoms with Gasteiger partial charge in [-0.3, -0.25) is 4.79 Å². The van der Waals surface area contributed by atoms with E-state index in [0.29, 0.717) is 34.8 Å². The summed E-state index contributed by atoms with van der Waals surface area (Å²) in [4.78, 5) is 17.8. The van der Waals surface area contributed by atoms with E-state index in [1.165, 1.54) is 4.68 Å². The van der Waals surface area contributed by atoms with E-state index in [2.05, 4.69) is 55.2 Å². The van der Waals surface area contributed by atoms with Crippen molar-refractivity contribution in [3.63, 3.8) is 0 Å². The zero-order valence-corrected chi connectivity index (χ0v) is 20.6. The van der Waals surface area contributed by atoms with Gasteiger partial charge in [-0.15, -0.1) is 0 Å². The average Bonchev–Trinajstić information content (AvgIpc) is 2.72. The van der Waals surface area contributed by atoms with Gasteiger partial charge in [0, 0.05) is 10.4 Å². The van der Waals surface area contributed by atoms with Crippen LogP contribution in [0.15, 0.2) is 57.4 Å². The molecule has 0 unspecified atom stereocenters. The molecule has 0 atom stereocenters. The zero-order valence-electron chi connectivity index (χ0n) is 16.9. The first kappa shape index (κ1) is 22.5. The lowest BCUT2D eigenvalue weighted by molar-refractivity contribution is 0.324. The number of ether oxygens (including phenoxy) is 2. The van der Waals surface area contributed by atoms with Crippen molar-refractivity contribution in [1.29, 1.82) is 0 Å². The van der Waals surface area contributed by atoms with Crippen LogP contribution in [0, 0.1) is 3.57 Å². The SMILES string of the molecule is C=CCOc1c(I)cc(C=Nn2c(C(C)C)nc3ccc(Br)cc3c2=O)cc1OC. The summed E-state index contributed by atoms with van der Waals surface area (Å²) in [7, 11) is 1.58. The minimum Gasteiger partial charge on any atom is -0.493 e. The fourth-order valence-corrected chi connectivity index (χ4v) is 4.01. The van der Waals surface area contributed by atoms with Crippen LogP contribution in [0.3, 0.4) is 0 Å². The maximum Gasteiger partial charge on any atom is 0.282 e. The molecule has 2 aromatic carbocycles. The van der Waals surface area contributed by atoms with Crippen molar-refractivity contribution < 1.29 is 9.47 Å². The molecule has 0 amide bonds. The van der Waals surface area contributed by atoms with Crippen molar-refractivity contribution in [2.24, 2.45) is 5.10 Å². The highest BCUT2D eigenvalue weighted by molar-refractivity contribution is 14.1. The molecule has 1 heterocycles. The monoisotopic (exact) mass is 581 g/mol. The number of nitrogens with zero attached hydrogens (tertiary/aromatic N) is 3. The van der Waals surface area contributed by atoms with Gasteiger partial charge in [0.2, 0.25) is 0 Å². The molecular weight excluding hydrogens is 561 g/mol. The fraction of sp³-hybridized carbons (Fsp3) is 0.227. The van der Waals surface area contributed by atoms with Crippen LogP contribution in [0.1, 0.15) is 31.2 Å². The van der Waals surface area contributed by atoms with Gasteiger partial charge in [-0.1, -0.05) is 42.4 Å². The molecule has 0 saturated carbocycles. The van der Waals surface area contributed by atoms with Gasteiger partial charge in [0.1, 0.15) is 12.4 Å². The highest BCUT2D eigenvalue weighted by Crippen LogP contribution is 2.33. The summed E-state index contributed by atoms with van der Waals surface area (Å²) in [6, 6.07) is 9.19. The first-order valence-electron chi connectivity index (χ1n) is 9.23. The standard InChI is InChI=1S/C22H21BrIN3O3/c1-5-8-30-20-17(24)9-14(10-19(20)29-4)12-25-27-21(13(2)3)26-18-7-6-15(23)11-16(18)22(27)28/h5-7,9-13H,1,8H2,2-4H3. The first-order chi connectivity index (χ1) is 14.3. The molecule has 0 bridgehead atoms. The van der Waals surface area contributed by atoms with E-state index in [-0.39, 0.29) is 11.5 Å². The summed E-state index contributed by atoms with van der Waals surface area (Å²) >= 11 is 5.60. The largest absolute Gasteiger partial charge is 0.493 e. The Morgan fingerprint density at radius 2 is 2.10 bits per heavy atom. The van der Waals surface area contributed by atoms with Crippen LogP contribution in [0.4, 0.5) is 0 Å². The van der Waals surface area contributed by atoms with Crippen molar-refractivity contribution >= 4 is 55.6 Å². The van der Waals surface area contributed by atoms with Crippen molar-refractivity contribution in [3.8, 4) is 11.5 Å². The van der Waals surface area contributed by atoms with Crippen LogP contribution >= 0.6 is 38.5 Å². The Morgan fingerprint density at radius 1 is 1.33 bits per heavy atom. The van der Waals surface area contributed by atoms with Crippen LogP contribution in [0.5, 0.6) is 11.5 Å². The molecule has 156 valence electrons. The molecule has 1 aromatic heterocycles. The minimum absolute atomic E-state index is 0.0206. The van der Waals surface area contributed by atoms with Crippen LogP contribution in [0.25, 0.3) is 10.9 Å². The molecule has 0 aliphatic carbocycles. The maximum absolute atomic E-state index is 13.1. The summed E-state index contributed by atoms with van der Waals surface area (Å²) < 4.78 is 14.2. The third-order valence-corrected chi connectivity index (χ3v) is 5.56. The van der Waals surface area contributed by atoms with Gasteiger partial charge in [-0.05, 0) is 58.5 Å². The van der Waals surface area contributed by atoms with Gasteiger partial charge in [0.05, 0.1) is 27.8 Å². The summed E-state index contributed by atoms with van der Waals surface area (Å²) in [6.45, 7) is 8.01. The summed E-state index contributed by atoms with van der Waals surface area (Å²) in [6.07, 6.45) is 3.30. The molecule has 30 heavy (non-hydrogen) atoms. The molecule has 0 aliphatic heterocycles. The van der Waals surface area contributed by atoms with E-state index < -0.39 is 0 Å². The van der Waals surface area contributed by atoms with Crippen molar-refractivity contribution in [3.05, 3.63) is 72.8 Å². The summed E-state index contributed by atoms with van der Waals surface area (Å²) in [5.74, 6) is 1.85. The Bertz CT molecular complexity index is 1190. The Morgan fingerprint density at radius 3 is 2.77 bits per heavy atom. The fourth-order valence-electron chi connectivity index (χ4n) is 2.87. The van der Waals surface area contributed by atoms with E-state index in [1.807, 2.05) is 38.1 Å². The number of benzene rings is 2. The van der Waals surface area contributed by atoms with Gasteiger partial charge < -0.3 is 9.47 Å². The lowest BCUT2D eigenvalue weighted by Crippen LogP contribution is -2.23. The van der Waals surface area contributed by atoms with E-state index >= 15 is 0 Å². The molecule has 3 rings (SSSR count). The van der Waals surface area contributed by atoms with E-state index in [9.17, 15) is 4.79 Å². The van der Waals surface area contributed by atoms with Gasteiger partial charge in [-0.2, -0.15) is 9.78 Å². The molecule has 8 heteroatoms. The number of methoxy groups -OCH3 is 1. The van der Waals surface area contributed by atoms with Gasteiger partial charge in [0.25, 0.3) is 5.56 Å². The van der Waals surface area contributed by atoms with E-state index in [4.69, 9.17) is 9.47 Å². The Balaban J connectivity index is 2.10. The molecule has 0 spiro atoms. The third-order valence-electron chi connectivity index (χ3n) is 4.27. The Kier molecular flexibility index (Phi) is 7.30. The van der Waals surface area contributed by atoms with Gasteiger partial charge in [-0.25, -0.2) is 4.98 Å². The molecule has 0 fully saturated rings. The summed E-state index contributed by atoms with van der Waals surface area (Å²) in [5, 5.41) is 4.98. The van der Waals surface area contributed by atoms with Gasteiger partial charge in [0.15, 0.2) is 11.5 Å². The number of aromatic nitrogens is 2. The maximum atomic E-state index is 13.1. The third kappa shape index (κ3) is 4.75. The number of hydrogen-bond acceptors (Lipinski definition) is 5. The van der Waals surface area contributed by atoms with Crippen molar-refractivity contribution in [2.45, 2.75) is 19.8 Å². The van der Waals surface area contributed by atoms with Crippen molar-refractivity contribution in [1.82, 2.24) is 9.66 Å². The topological polar surface area (TPSA) is 65.7 Å². The van der Waals surface area contributed by atoms with Crippen LogP contribution in [0.2, 0.25) is 0 Å². The van der Waals surface area contributed by atoms with Crippen LogP contribution in [-0.2, 0) is 0 Å². The Labute approximate surface area is 196 Å².